The zero-order valence-electron chi connectivity index (χ0n) is 12.2. The molecule has 0 radical (unpaired) electrons. The zero-order valence-corrected chi connectivity index (χ0v) is 13.0. The third-order valence-electron chi connectivity index (χ3n) is 3.20. The number of hydrogen-bond donors (Lipinski definition) is 1. The summed E-state index contributed by atoms with van der Waals surface area (Å²) in [5, 5.41) is 0.608. The van der Waals surface area contributed by atoms with Crippen molar-refractivity contribution in [3.63, 3.8) is 0 Å². The van der Waals surface area contributed by atoms with E-state index in [1.807, 2.05) is 25.1 Å². The summed E-state index contributed by atoms with van der Waals surface area (Å²) < 4.78 is 11.3. The van der Waals surface area contributed by atoms with Crippen LogP contribution in [-0.4, -0.2) is 18.6 Å². The molecule has 0 saturated heterocycles. The van der Waals surface area contributed by atoms with E-state index in [2.05, 4.69) is 4.98 Å². The van der Waals surface area contributed by atoms with Gasteiger partial charge in [0.05, 0.1) is 12.8 Å². The Bertz CT molecular complexity index is 617. The molecule has 0 aliphatic heterocycles. The quantitative estimate of drug-likeness (QED) is 0.891. The van der Waals surface area contributed by atoms with Crippen molar-refractivity contribution in [1.82, 2.24) is 4.98 Å². The number of rotatable bonds is 6. The van der Waals surface area contributed by atoms with Gasteiger partial charge in [-0.25, -0.2) is 0 Å². The highest BCUT2D eigenvalue weighted by Crippen LogP contribution is 2.35. The lowest BCUT2D eigenvalue weighted by atomic mass is 10.1. The van der Waals surface area contributed by atoms with Gasteiger partial charge in [0, 0.05) is 22.8 Å². The van der Waals surface area contributed by atoms with Gasteiger partial charge in [-0.1, -0.05) is 17.7 Å². The summed E-state index contributed by atoms with van der Waals surface area (Å²) in [5.41, 5.74) is 8.58. The number of aromatic nitrogens is 1. The van der Waals surface area contributed by atoms with Gasteiger partial charge in [-0.15, -0.1) is 0 Å². The third kappa shape index (κ3) is 3.86. The number of aryl methyl sites for hydroxylation is 1. The van der Waals surface area contributed by atoms with Crippen molar-refractivity contribution in [1.29, 1.82) is 0 Å². The van der Waals surface area contributed by atoms with E-state index in [4.69, 9.17) is 26.8 Å². The van der Waals surface area contributed by atoms with Crippen LogP contribution in [0.5, 0.6) is 11.5 Å². The van der Waals surface area contributed by atoms with E-state index in [1.54, 1.807) is 19.4 Å². The molecule has 0 aliphatic carbocycles. The molecule has 0 saturated carbocycles. The highest BCUT2D eigenvalue weighted by Gasteiger charge is 2.13. The fourth-order valence-corrected chi connectivity index (χ4v) is 2.32. The van der Waals surface area contributed by atoms with Crippen LogP contribution in [0.15, 0.2) is 30.5 Å². The van der Waals surface area contributed by atoms with E-state index in [0.717, 1.165) is 16.8 Å². The SMILES string of the molecule is COc1cc(Cl)cc(CCN)c1OCc1ncccc1C. The molecular weight excluding hydrogens is 288 g/mol. The minimum Gasteiger partial charge on any atom is -0.493 e. The Morgan fingerprint density at radius 3 is 2.81 bits per heavy atom. The smallest absolute Gasteiger partial charge is 0.165 e. The van der Waals surface area contributed by atoms with Gasteiger partial charge in [-0.05, 0) is 37.6 Å². The number of nitrogens with two attached hydrogens (primary N) is 1. The molecule has 2 rings (SSSR count). The monoisotopic (exact) mass is 306 g/mol. The maximum atomic E-state index is 6.09. The highest BCUT2D eigenvalue weighted by molar-refractivity contribution is 6.30. The minimum absolute atomic E-state index is 0.377. The minimum atomic E-state index is 0.377. The Morgan fingerprint density at radius 2 is 2.14 bits per heavy atom. The molecule has 0 aliphatic rings. The van der Waals surface area contributed by atoms with E-state index < -0.39 is 0 Å². The first-order valence-corrected chi connectivity index (χ1v) is 7.13. The predicted octanol–water partition coefficient (Wildman–Crippen LogP) is 3.13. The van der Waals surface area contributed by atoms with Gasteiger partial charge < -0.3 is 15.2 Å². The van der Waals surface area contributed by atoms with Crippen LogP contribution in [0.1, 0.15) is 16.8 Å². The molecule has 0 unspecified atom stereocenters. The molecule has 4 nitrogen and oxygen atoms in total. The number of pyridine rings is 1. The first-order chi connectivity index (χ1) is 10.2. The summed E-state index contributed by atoms with van der Waals surface area (Å²) in [6.07, 6.45) is 2.43. The Hall–Kier alpha value is -1.78. The molecule has 1 aromatic carbocycles. The summed E-state index contributed by atoms with van der Waals surface area (Å²) in [6, 6.07) is 7.51. The normalized spacial score (nSPS) is 10.5. The van der Waals surface area contributed by atoms with E-state index in [-0.39, 0.29) is 0 Å². The molecule has 2 aromatic rings. The maximum absolute atomic E-state index is 6.09. The van der Waals surface area contributed by atoms with Gasteiger partial charge in [0.2, 0.25) is 0 Å². The van der Waals surface area contributed by atoms with Gasteiger partial charge in [-0.2, -0.15) is 0 Å². The van der Waals surface area contributed by atoms with Crippen molar-refractivity contribution >= 4 is 11.6 Å². The molecule has 2 N–H and O–H groups in total. The first kappa shape index (κ1) is 15.6. The van der Waals surface area contributed by atoms with Crippen molar-refractivity contribution in [3.8, 4) is 11.5 Å². The van der Waals surface area contributed by atoms with Crippen LogP contribution < -0.4 is 15.2 Å². The molecule has 5 heteroatoms. The van der Waals surface area contributed by atoms with Gasteiger partial charge in [0.15, 0.2) is 11.5 Å². The van der Waals surface area contributed by atoms with E-state index >= 15 is 0 Å². The number of nitrogens with zero attached hydrogens (tertiary/aromatic N) is 1. The van der Waals surface area contributed by atoms with Crippen molar-refractivity contribution < 1.29 is 9.47 Å². The second kappa shape index (κ2) is 7.29. The average Bonchev–Trinajstić information content (AvgIpc) is 2.47. The average molecular weight is 307 g/mol. The van der Waals surface area contributed by atoms with Crippen molar-refractivity contribution in [3.05, 3.63) is 52.3 Å². The number of methoxy groups -OCH3 is 1. The third-order valence-corrected chi connectivity index (χ3v) is 3.42. The molecular formula is C16H19ClN2O2. The molecule has 1 heterocycles. The lowest BCUT2D eigenvalue weighted by Gasteiger charge is -2.16. The predicted molar refractivity (Wildman–Crippen MR) is 84.1 cm³/mol. The number of halogens is 1. The molecule has 1 aromatic heterocycles. The number of benzene rings is 1. The Kier molecular flexibility index (Phi) is 5.42. The summed E-state index contributed by atoms with van der Waals surface area (Å²) in [5.74, 6) is 1.29. The molecule has 0 spiro atoms. The fraction of sp³-hybridized carbons (Fsp3) is 0.312. The maximum Gasteiger partial charge on any atom is 0.165 e. The lowest BCUT2D eigenvalue weighted by Crippen LogP contribution is -2.08. The molecule has 112 valence electrons. The van der Waals surface area contributed by atoms with Crippen LogP contribution in [0.3, 0.4) is 0 Å². The second-order valence-electron chi connectivity index (χ2n) is 4.69. The largest absolute Gasteiger partial charge is 0.493 e. The molecule has 0 atom stereocenters. The van der Waals surface area contributed by atoms with Gasteiger partial charge >= 0.3 is 0 Å². The number of ether oxygens (including phenoxy) is 2. The highest BCUT2D eigenvalue weighted by atomic mass is 35.5. The van der Waals surface area contributed by atoms with Crippen molar-refractivity contribution in [2.45, 2.75) is 20.0 Å². The second-order valence-corrected chi connectivity index (χ2v) is 5.13. The van der Waals surface area contributed by atoms with Gasteiger partial charge in [0.1, 0.15) is 6.61 Å². The Balaban J connectivity index is 2.27. The zero-order chi connectivity index (χ0) is 15.2. The van der Waals surface area contributed by atoms with Crippen LogP contribution >= 0.6 is 11.6 Å². The standard InChI is InChI=1S/C16H19ClN2O2/c1-11-4-3-7-19-14(11)10-21-16-12(5-6-18)8-13(17)9-15(16)20-2/h3-4,7-9H,5-6,10,18H2,1-2H3. The number of hydrogen-bond acceptors (Lipinski definition) is 4. The van der Waals surface area contributed by atoms with Gasteiger partial charge in [-0.3, -0.25) is 4.98 Å². The summed E-state index contributed by atoms with van der Waals surface area (Å²) in [7, 11) is 1.59. The summed E-state index contributed by atoms with van der Waals surface area (Å²) >= 11 is 6.09. The van der Waals surface area contributed by atoms with E-state index in [0.29, 0.717) is 36.1 Å². The molecule has 0 amide bonds. The molecule has 0 fully saturated rings. The Labute approximate surface area is 129 Å². The first-order valence-electron chi connectivity index (χ1n) is 6.75. The van der Waals surface area contributed by atoms with E-state index in [1.165, 1.54) is 0 Å². The molecule has 21 heavy (non-hydrogen) atoms. The fourth-order valence-electron chi connectivity index (χ4n) is 2.09. The topological polar surface area (TPSA) is 57.4 Å². The van der Waals surface area contributed by atoms with Crippen molar-refractivity contribution in [2.75, 3.05) is 13.7 Å². The van der Waals surface area contributed by atoms with Crippen LogP contribution in [0.25, 0.3) is 0 Å². The summed E-state index contributed by atoms with van der Waals surface area (Å²) in [6.45, 7) is 2.90. The summed E-state index contributed by atoms with van der Waals surface area (Å²) in [4.78, 5) is 4.33. The van der Waals surface area contributed by atoms with Gasteiger partial charge in [0.25, 0.3) is 0 Å². The molecule has 0 bridgehead atoms. The van der Waals surface area contributed by atoms with Crippen LogP contribution in [-0.2, 0) is 13.0 Å². The Morgan fingerprint density at radius 1 is 1.33 bits per heavy atom. The van der Waals surface area contributed by atoms with Crippen LogP contribution in [0.4, 0.5) is 0 Å². The lowest BCUT2D eigenvalue weighted by molar-refractivity contribution is 0.277. The van der Waals surface area contributed by atoms with E-state index in [9.17, 15) is 0 Å². The van der Waals surface area contributed by atoms with Crippen molar-refractivity contribution in [2.24, 2.45) is 5.73 Å². The van der Waals surface area contributed by atoms with Crippen LogP contribution in [0.2, 0.25) is 5.02 Å². The van der Waals surface area contributed by atoms with Crippen LogP contribution in [0, 0.1) is 6.92 Å².